The van der Waals surface area contributed by atoms with Crippen molar-refractivity contribution in [2.45, 2.75) is 34.3 Å². The number of aromatic nitrogens is 4. The van der Waals surface area contributed by atoms with Crippen molar-refractivity contribution in [2.75, 3.05) is 0 Å². The van der Waals surface area contributed by atoms with Gasteiger partial charge in [-0.1, -0.05) is 42.0 Å². The average molecular weight is 415 g/mol. The van der Waals surface area contributed by atoms with Crippen LogP contribution in [0, 0.1) is 27.7 Å². The van der Waals surface area contributed by atoms with E-state index >= 15 is 0 Å². The molecule has 1 heterocycles. The van der Waals surface area contributed by atoms with Gasteiger partial charge in [0.15, 0.2) is 0 Å². The molecular weight excluding hydrogens is 388 g/mol. The first kappa shape index (κ1) is 20.6. The number of ether oxygens (including phenoxy) is 1. The molecule has 6 heteroatoms. The van der Waals surface area contributed by atoms with Crippen molar-refractivity contribution in [3.63, 3.8) is 0 Å². The highest BCUT2D eigenvalue weighted by Crippen LogP contribution is 2.31. The third-order valence-electron chi connectivity index (χ3n) is 5.59. The number of aryl methyl sites for hydroxylation is 5. The summed E-state index contributed by atoms with van der Waals surface area (Å²) in [6, 6.07) is 18.6. The van der Waals surface area contributed by atoms with Crippen molar-refractivity contribution < 1.29 is 4.74 Å². The van der Waals surface area contributed by atoms with Crippen LogP contribution in [0.3, 0.4) is 0 Å². The number of hydrogen-bond acceptors (Lipinski definition) is 4. The first-order chi connectivity index (χ1) is 14.8. The fourth-order valence-electron chi connectivity index (χ4n) is 3.68. The van der Waals surface area contributed by atoms with Crippen LogP contribution >= 0.6 is 0 Å². The van der Waals surface area contributed by atoms with Gasteiger partial charge >= 0.3 is 5.69 Å². The highest BCUT2D eigenvalue weighted by atomic mass is 16.5. The van der Waals surface area contributed by atoms with Gasteiger partial charge in [0.05, 0.1) is 5.69 Å². The summed E-state index contributed by atoms with van der Waals surface area (Å²) in [6.07, 6.45) is 0. The van der Waals surface area contributed by atoms with Crippen LogP contribution in [-0.2, 0) is 13.7 Å². The predicted octanol–water partition coefficient (Wildman–Crippen LogP) is 4.45. The van der Waals surface area contributed by atoms with Gasteiger partial charge in [0.25, 0.3) is 0 Å². The van der Waals surface area contributed by atoms with E-state index in [0.29, 0.717) is 12.3 Å². The summed E-state index contributed by atoms with van der Waals surface area (Å²) in [6.45, 7) is 8.57. The Labute approximate surface area is 181 Å². The topological polar surface area (TPSA) is 61.9 Å². The van der Waals surface area contributed by atoms with Crippen LogP contribution in [0.4, 0.5) is 0 Å². The normalized spacial score (nSPS) is 11.0. The molecular formula is C25H26N4O2. The summed E-state index contributed by atoms with van der Waals surface area (Å²) in [5.74, 6) is 0.828. The van der Waals surface area contributed by atoms with Crippen molar-refractivity contribution in [3.8, 4) is 22.6 Å². The Bertz CT molecular complexity index is 1300. The fourth-order valence-corrected chi connectivity index (χ4v) is 3.68. The SMILES string of the molecule is Cc1ccc(-c2cc(C)c(OCc3c(C)cccc3-n3nnn(C)c3=O)cc2C)cc1. The summed E-state index contributed by atoms with van der Waals surface area (Å²) in [4.78, 5) is 12.4. The molecule has 1 aromatic heterocycles. The van der Waals surface area contributed by atoms with E-state index in [1.165, 1.54) is 26.1 Å². The maximum Gasteiger partial charge on any atom is 0.368 e. The molecule has 0 radical (unpaired) electrons. The third-order valence-corrected chi connectivity index (χ3v) is 5.59. The average Bonchev–Trinajstić information content (AvgIpc) is 3.08. The van der Waals surface area contributed by atoms with E-state index in [9.17, 15) is 4.79 Å². The zero-order chi connectivity index (χ0) is 22.1. The highest BCUT2D eigenvalue weighted by molar-refractivity contribution is 5.69. The summed E-state index contributed by atoms with van der Waals surface area (Å²) < 4.78 is 8.76. The van der Waals surface area contributed by atoms with Gasteiger partial charge in [0, 0.05) is 12.6 Å². The van der Waals surface area contributed by atoms with Crippen molar-refractivity contribution >= 4 is 0 Å². The number of rotatable bonds is 5. The first-order valence-corrected chi connectivity index (χ1v) is 10.2. The number of nitrogens with zero attached hydrogens (tertiary/aromatic N) is 4. The Morgan fingerprint density at radius 1 is 0.871 bits per heavy atom. The number of hydrogen-bond donors (Lipinski definition) is 0. The lowest BCUT2D eigenvalue weighted by molar-refractivity contribution is 0.302. The second-order valence-electron chi connectivity index (χ2n) is 7.96. The molecule has 0 bridgehead atoms. The van der Waals surface area contributed by atoms with Gasteiger partial charge in [-0.3, -0.25) is 0 Å². The quantitative estimate of drug-likeness (QED) is 0.484. The van der Waals surface area contributed by atoms with Gasteiger partial charge in [-0.05, 0) is 84.1 Å². The second-order valence-corrected chi connectivity index (χ2v) is 7.96. The minimum absolute atomic E-state index is 0.290. The van der Waals surface area contributed by atoms with Crippen LogP contribution in [0.2, 0.25) is 0 Å². The zero-order valence-corrected chi connectivity index (χ0v) is 18.5. The van der Waals surface area contributed by atoms with E-state index in [-0.39, 0.29) is 5.69 Å². The van der Waals surface area contributed by atoms with Gasteiger partial charge in [-0.15, -0.1) is 0 Å². The smallest absolute Gasteiger partial charge is 0.368 e. The van der Waals surface area contributed by atoms with E-state index in [0.717, 1.165) is 28.0 Å². The van der Waals surface area contributed by atoms with Gasteiger partial charge in [0.2, 0.25) is 0 Å². The zero-order valence-electron chi connectivity index (χ0n) is 18.5. The van der Waals surface area contributed by atoms with Gasteiger partial charge in [-0.2, -0.15) is 9.36 Å². The molecule has 0 atom stereocenters. The van der Waals surface area contributed by atoms with Crippen LogP contribution in [0.1, 0.15) is 27.8 Å². The monoisotopic (exact) mass is 414 g/mol. The van der Waals surface area contributed by atoms with Crippen LogP contribution in [0.5, 0.6) is 5.75 Å². The Morgan fingerprint density at radius 2 is 1.61 bits per heavy atom. The van der Waals surface area contributed by atoms with Crippen LogP contribution < -0.4 is 10.4 Å². The minimum Gasteiger partial charge on any atom is -0.489 e. The second kappa shape index (κ2) is 8.22. The van der Waals surface area contributed by atoms with E-state index in [2.05, 4.69) is 67.6 Å². The molecule has 31 heavy (non-hydrogen) atoms. The summed E-state index contributed by atoms with van der Waals surface area (Å²) in [5.41, 5.74) is 8.19. The molecule has 0 saturated carbocycles. The van der Waals surface area contributed by atoms with E-state index in [1.807, 2.05) is 25.1 Å². The Balaban J connectivity index is 1.65. The molecule has 0 fully saturated rings. The molecule has 0 aliphatic rings. The summed E-state index contributed by atoms with van der Waals surface area (Å²) >= 11 is 0. The molecule has 0 aliphatic carbocycles. The van der Waals surface area contributed by atoms with Gasteiger partial charge in [0.1, 0.15) is 12.4 Å². The Hall–Kier alpha value is -3.67. The number of benzene rings is 3. The van der Waals surface area contributed by atoms with Crippen LogP contribution in [0.25, 0.3) is 16.8 Å². The maximum atomic E-state index is 12.4. The molecule has 4 aromatic rings. The standard InChI is InChI=1S/C25H26N4O2/c1-16-9-11-20(12-10-16)21-13-19(4)24(14-18(21)3)31-15-22-17(2)7-6-8-23(22)29-25(30)28(5)26-27-29/h6-14H,15H2,1-5H3. The molecule has 0 amide bonds. The van der Waals surface area contributed by atoms with Crippen molar-refractivity contribution in [1.82, 2.24) is 19.8 Å². The molecule has 3 aromatic carbocycles. The molecule has 0 saturated heterocycles. The maximum absolute atomic E-state index is 12.4. The molecule has 158 valence electrons. The van der Waals surface area contributed by atoms with Crippen molar-refractivity contribution in [3.05, 3.63) is 92.9 Å². The minimum atomic E-state index is -0.290. The lowest BCUT2D eigenvalue weighted by Crippen LogP contribution is -2.23. The van der Waals surface area contributed by atoms with Crippen molar-refractivity contribution in [2.24, 2.45) is 7.05 Å². The summed E-state index contributed by atoms with van der Waals surface area (Å²) in [7, 11) is 1.58. The molecule has 0 spiro atoms. The molecule has 4 rings (SSSR count). The molecule has 0 aliphatic heterocycles. The highest BCUT2D eigenvalue weighted by Gasteiger charge is 2.15. The van der Waals surface area contributed by atoms with E-state index in [4.69, 9.17) is 4.74 Å². The van der Waals surface area contributed by atoms with E-state index in [1.54, 1.807) is 7.05 Å². The molecule has 0 N–H and O–H groups in total. The van der Waals surface area contributed by atoms with Crippen LogP contribution in [-0.4, -0.2) is 19.8 Å². The lowest BCUT2D eigenvalue weighted by Gasteiger charge is -2.16. The Kier molecular flexibility index (Phi) is 5.46. The van der Waals surface area contributed by atoms with E-state index < -0.39 is 0 Å². The van der Waals surface area contributed by atoms with Gasteiger partial charge in [-0.25, -0.2) is 4.79 Å². The third kappa shape index (κ3) is 4.01. The van der Waals surface area contributed by atoms with Crippen LogP contribution in [0.15, 0.2) is 59.4 Å². The summed E-state index contributed by atoms with van der Waals surface area (Å²) in [5, 5.41) is 7.81. The first-order valence-electron chi connectivity index (χ1n) is 10.2. The predicted molar refractivity (Wildman–Crippen MR) is 122 cm³/mol. The molecule has 0 unspecified atom stereocenters. The Morgan fingerprint density at radius 3 is 2.29 bits per heavy atom. The fraction of sp³-hybridized carbons (Fsp3) is 0.240. The van der Waals surface area contributed by atoms with Crippen molar-refractivity contribution in [1.29, 1.82) is 0 Å². The number of tetrazole rings is 1. The molecule has 6 nitrogen and oxygen atoms in total. The lowest BCUT2D eigenvalue weighted by atomic mass is 9.97. The van der Waals surface area contributed by atoms with Gasteiger partial charge < -0.3 is 4.74 Å². The largest absolute Gasteiger partial charge is 0.489 e.